The molecular weight excluding hydrogens is 474 g/mol. The van der Waals surface area contributed by atoms with Gasteiger partial charge in [0.15, 0.2) is 6.61 Å². The van der Waals surface area contributed by atoms with Crippen LogP contribution in [0.2, 0.25) is 5.02 Å². The highest BCUT2D eigenvalue weighted by Crippen LogP contribution is 2.25. The number of aromatic nitrogens is 2. The van der Waals surface area contributed by atoms with Gasteiger partial charge in [0.1, 0.15) is 23.9 Å². The summed E-state index contributed by atoms with van der Waals surface area (Å²) in [5.74, 6) is 2.18. The highest BCUT2D eigenvalue weighted by atomic mass is 35.5. The molecule has 0 saturated carbocycles. The lowest BCUT2D eigenvalue weighted by Gasteiger charge is -2.13. The highest BCUT2D eigenvalue weighted by Gasteiger charge is 2.12. The summed E-state index contributed by atoms with van der Waals surface area (Å²) in [4.78, 5) is 17.1. The number of hydrogen-bond acceptors (Lipinski definition) is 4. The van der Waals surface area contributed by atoms with Gasteiger partial charge in [0.05, 0.1) is 17.6 Å². The number of amides is 1. The standard InChI is InChI=1S/C29H26ClN3O3/c30-22-12-14-23(15-13-22)36-20-29(34)31-17-16-28-32-25-9-3-4-10-26(25)33(28)18-19-35-27-11-5-7-21-6-1-2-8-24(21)27/h1-15H,16-20H2,(H,31,34). The predicted molar refractivity (Wildman–Crippen MR) is 143 cm³/mol. The van der Waals surface area contributed by atoms with Gasteiger partial charge in [-0.1, -0.05) is 60.1 Å². The molecule has 0 atom stereocenters. The van der Waals surface area contributed by atoms with Crippen molar-refractivity contribution in [1.82, 2.24) is 14.9 Å². The Morgan fingerprint density at radius 2 is 1.67 bits per heavy atom. The average Bonchev–Trinajstić information content (AvgIpc) is 3.26. The van der Waals surface area contributed by atoms with Crippen molar-refractivity contribution in [2.75, 3.05) is 19.8 Å². The first kappa shape index (κ1) is 23.7. The molecule has 1 amide bonds. The van der Waals surface area contributed by atoms with Gasteiger partial charge in [-0.15, -0.1) is 0 Å². The van der Waals surface area contributed by atoms with E-state index >= 15 is 0 Å². The molecule has 0 fully saturated rings. The molecule has 0 aliphatic carbocycles. The first-order valence-electron chi connectivity index (χ1n) is 11.9. The van der Waals surface area contributed by atoms with Crippen molar-refractivity contribution in [3.63, 3.8) is 0 Å². The number of benzene rings is 4. The number of carbonyl (C=O) groups is 1. The van der Waals surface area contributed by atoms with Crippen LogP contribution in [0.3, 0.4) is 0 Å². The molecule has 0 aliphatic heterocycles. The number of para-hydroxylation sites is 2. The second kappa shape index (κ2) is 11.1. The van der Waals surface area contributed by atoms with E-state index in [-0.39, 0.29) is 12.5 Å². The zero-order chi connectivity index (χ0) is 24.7. The van der Waals surface area contributed by atoms with E-state index in [2.05, 4.69) is 34.1 Å². The minimum absolute atomic E-state index is 0.0586. The number of halogens is 1. The molecular formula is C29H26ClN3O3. The maximum absolute atomic E-state index is 12.3. The van der Waals surface area contributed by atoms with Crippen molar-refractivity contribution >= 4 is 39.3 Å². The van der Waals surface area contributed by atoms with E-state index in [4.69, 9.17) is 26.1 Å². The third-order valence-corrected chi connectivity index (χ3v) is 6.16. The van der Waals surface area contributed by atoms with Crippen LogP contribution in [-0.4, -0.2) is 35.2 Å². The van der Waals surface area contributed by atoms with Gasteiger partial charge in [-0.05, 0) is 47.9 Å². The Morgan fingerprint density at radius 3 is 2.56 bits per heavy atom. The number of carbonyl (C=O) groups excluding carboxylic acids is 1. The van der Waals surface area contributed by atoms with Crippen molar-refractivity contribution < 1.29 is 14.3 Å². The zero-order valence-corrected chi connectivity index (χ0v) is 20.4. The molecule has 4 aromatic carbocycles. The molecule has 0 unspecified atom stereocenters. The van der Waals surface area contributed by atoms with Gasteiger partial charge >= 0.3 is 0 Å². The Labute approximate surface area is 214 Å². The summed E-state index contributed by atoms with van der Waals surface area (Å²) in [6.07, 6.45) is 0.593. The van der Waals surface area contributed by atoms with Crippen LogP contribution >= 0.6 is 11.6 Å². The fourth-order valence-corrected chi connectivity index (χ4v) is 4.30. The molecule has 5 aromatic rings. The Bertz CT molecular complexity index is 1480. The van der Waals surface area contributed by atoms with Crippen LogP contribution in [0.4, 0.5) is 0 Å². The van der Waals surface area contributed by atoms with Crippen LogP contribution in [0.25, 0.3) is 21.8 Å². The molecule has 1 N–H and O–H groups in total. The summed E-state index contributed by atoms with van der Waals surface area (Å²) in [6.45, 7) is 1.54. The number of nitrogens with zero attached hydrogens (tertiary/aromatic N) is 2. The van der Waals surface area contributed by atoms with Gasteiger partial charge < -0.3 is 19.4 Å². The minimum Gasteiger partial charge on any atom is -0.491 e. The van der Waals surface area contributed by atoms with Crippen molar-refractivity contribution in [1.29, 1.82) is 0 Å². The van der Waals surface area contributed by atoms with Crippen molar-refractivity contribution in [3.8, 4) is 11.5 Å². The van der Waals surface area contributed by atoms with Gasteiger partial charge in [0, 0.05) is 23.4 Å². The lowest BCUT2D eigenvalue weighted by molar-refractivity contribution is -0.123. The summed E-state index contributed by atoms with van der Waals surface area (Å²) in [7, 11) is 0. The molecule has 0 spiro atoms. The fraction of sp³-hybridized carbons (Fsp3) is 0.172. The first-order chi connectivity index (χ1) is 17.7. The number of imidazole rings is 1. The van der Waals surface area contributed by atoms with E-state index in [9.17, 15) is 4.79 Å². The van der Waals surface area contributed by atoms with Crippen LogP contribution < -0.4 is 14.8 Å². The predicted octanol–water partition coefficient (Wildman–Crippen LogP) is 5.66. The minimum atomic E-state index is -0.188. The molecule has 6 nitrogen and oxygen atoms in total. The van der Waals surface area contributed by atoms with Crippen molar-refractivity contribution in [3.05, 3.63) is 102 Å². The summed E-state index contributed by atoms with van der Waals surface area (Å²) in [6, 6.07) is 29.2. The molecule has 1 aromatic heterocycles. The second-order valence-corrected chi connectivity index (χ2v) is 8.77. The largest absolute Gasteiger partial charge is 0.491 e. The Morgan fingerprint density at radius 1 is 0.889 bits per heavy atom. The third-order valence-electron chi connectivity index (χ3n) is 5.91. The van der Waals surface area contributed by atoms with Crippen molar-refractivity contribution in [2.45, 2.75) is 13.0 Å². The van der Waals surface area contributed by atoms with E-state index in [1.54, 1.807) is 24.3 Å². The van der Waals surface area contributed by atoms with Gasteiger partial charge in [0.25, 0.3) is 5.91 Å². The van der Waals surface area contributed by atoms with Crippen molar-refractivity contribution in [2.24, 2.45) is 0 Å². The Hall–Kier alpha value is -4.03. The highest BCUT2D eigenvalue weighted by molar-refractivity contribution is 6.30. The van der Waals surface area contributed by atoms with E-state index in [1.165, 1.54) is 0 Å². The topological polar surface area (TPSA) is 65.4 Å². The summed E-state index contributed by atoms with van der Waals surface area (Å²) in [5.41, 5.74) is 1.97. The van der Waals surface area contributed by atoms with Crippen LogP contribution in [0.1, 0.15) is 5.82 Å². The molecule has 0 saturated heterocycles. The molecule has 182 valence electrons. The molecule has 0 radical (unpaired) electrons. The SMILES string of the molecule is O=C(COc1ccc(Cl)cc1)NCCc1nc2ccccc2n1CCOc1cccc2ccccc12. The maximum Gasteiger partial charge on any atom is 0.257 e. The number of hydrogen-bond donors (Lipinski definition) is 1. The van der Waals surface area contributed by atoms with Crippen LogP contribution in [0, 0.1) is 0 Å². The van der Waals surface area contributed by atoms with E-state index in [1.807, 2.05) is 42.5 Å². The second-order valence-electron chi connectivity index (χ2n) is 8.34. The van der Waals surface area contributed by atoms with E-state index in [0.29, 0.717) is 36.9 Å². The molecule has 0 aliphatic rings. The number of fused-ring (bicyclic) bond motifs is 2. The smallest absolute Gasteiger partial charge is 0.257 e. The average molecular weight is 500 g/mol. The monoisotopic (exact) mass is 499 g/mol. The summed E-state index contributed by atoms with van der Waals surface area (Å²) < 4.78 is 13.9. The molecule has 5 rings (SSSR count). The molecule has 7 heteroatoms. The molecule has 36 heavy (non-hydrogen) atoms. The quantitative estimate of drug-likeness (QED) is 0.269. The summed E-state index contributed by atoms with van der Waals surface area (Å²) >= 11 is 5.88. The molecule has 0 bridgehead atoms. The maximum atomic E-state index is 12.3. The number of rotatable bonds is 10. The number of nitrogens with one attached hydrogen (secondary N) is 1. The Balaban J connectivity index is 1.20. The zero-order valence-electron chi connectivity index (χ0n) is 19.7. The molecule has 1 heterocycles. The number of ether oxygens (including phenoxy) is 2. The van der Waals surface area contributed by atoms with Crippen LogP contribution in [-0.2, 0) is 17.8 Å². The van der Waals surface area contributed by atoms with Gasteiger partial charge in [-0.2, -0.15) is 0 Å². The third kappa shape index (κ3) is 5.61. The summed E-state index contributed by atoms with van der Waals surface area (Å²) in [5, 5.41) is 5.78. The van der Waals surface area contributed by atoms with Gasteiger partial charge in [0.2, 0.25) is 0 Å². The van der Waals surface area contributed by atoms with E-state index < -0.39 is 0 Å². The van der Waals surface area contributed by atoms with Gasteiger partial charge in [-0.3, -0.25) is 4.79 Å². The van der Waals surface area contributed by atoms with Gasteiger partial charge in [-0.25, -0.2) is 4.98 Å². The Kier molecular flexibility index (Phi) is 7.33. The van der Waals surface area contributed by atoms with Crippen LogP contribution in [0.5, 0.6) is 11.5 Å². The fourth-order valence-electron chi connectivity index (χ4n) is 4.18. The van der Waals surface area contributed by atoms with Crippen LogP contribution in [0.15, 0.2) is 91.0 Å². The first-order valence-corrected chi connectivity index (χ1v) is 12.2. The lowest BCUT2D eigenvalue weighted by atomic mass is 10.1. The van der Waals surface area contributed by atoms with E-state index in [0.717, 1.165) is 33.4 Å². The normalized spacial score (nSPS) is 11.0. The lowest BCUT2D eigenvalue weighted by Crippen LogP contribution is -2.31.